The first-order valence-corrected chi connectivity index (χ1v) is 17.6. The Balaban J connectivity index is 2.51. The van der Waals surface area contributed by atoms with Gasteiger partial charge < -0.3 is 24.1 Å². The summed E-state index contributed by atoms with van der Waals surface area (Å²) in [5, 5.41) is -0.116. The Morgan fingerprint density at radius 1 is 1.09 bits per heavy atom. The number of anilines is 1. The molecule has 0 saturated carbocycles. The number of rotatable bonds is 7. The average Bonchev–Trinajstić information content (AvgIpc) is 2.94. The molecule has 34 heavy (non-hydrogen) atoms. The molecular weight excluding hydrogens is 470 g/mol. The van der Waals surface area contributed by atoms with Crippen molar-refractivity contribution >= 4 is 28.4 Å². The van der Waals surface area contributed by atoms with Gasteiger partial charge in [0, 0.05) is 13.1 Å². The molecule has 2 heterocycles. The van der Waals surface area contributed by atoms with Crippen LogP contribution in [-0.4, -0.2) is 57.1 Å². The average molecular weight is 514 g/mol. The zero-order valence-corrected chi connectivity index (χ0v) is 24.6. The molecule has 1 aliphatic heterocycles. The zero-order valence-electron chi connectivity index (χ0n) is 22.6. The summed E-state index contributed by atoms with van der Waals surface area (Å²) < 4.78 is 26.6. The highest BCUT2D eigenvalue weighted by atomic mass is 28.4. The summed E-state index contributed by atoms with van der Waals surface area (Å²) >= 11 is 0. The van der Waals surface area contributed by atoms with E-state index < -0.39 is 52.8 Å². The summed E-state index contributed by atoms with van der Waals surface area (Å²) in [5.41, 5.74) is 5.15. The summed E-state index contributed by atoms with van der Waals surface area (Å²) in [4.78, 5) is 28.7. The molecule has 9 nitrogen and oxygen atoms in total. The van der Waals surface area contributed by atoms with Gasteiger partial charge in [0.05, 0.1) is 6.61 Å². The lowest BCUT2D eigenvalue weighted by Crippen LogP contribution is -2.51. The number of esters is 1. The van der Waals surface area contributed by atoms with E-state index >= 15 is 0 Å². The van der Waals surface area contributed by atoms with Gasteiger partial charge in [-0.1, -0.05) is 41.5 Å². The van der Waals surface area contributed by atoms with E-state index in [-0.39, 0.29) is 22.5 Å². The molecule has 1 unspecified atom stereocenters. The van der Waals surface area contributed by atoms with E-state index in [2.05, 4.69) is 72.7 Å². The number of ether oxygens (including phenoxy) is 2. The van der Waals surface area contributed by atoms with E-state index in [1.807, 2.05) is 0 Å². The number of aromatic nitrogens is 2. The Labute approximate surface area is 205 Å². The molecular formula is C23H43N3O6Si2. The van der Waals surface area contributed by atoms with Gasteiger partial charge in [0.15, 0.2) is 29.0 Å². The SMILES string of the molecule is CC(=O)O[C@H]1[C@@H](CO[Si](C)(C)C(C)(C)C)OC(n2ccc(N)nc2=O)[C@@H]1O[Si](C)(C)C(C)(C)C. The van der Waals surface area contributed by atoms with E-state index in [9.17, 15) is 9.59 Å². The lowest BCUT2D eigenvalue weighted by Gasteiger charge is -2.40. The van der Waals surface area contributed by atoms with Crippen LogP contribution < -0.4 is 11.4 Å². The topological polar surface area (TPSA) is 115 Å². The van der Waals surface area contributed by atoms with Crippen LogP contribution in [0.5, 0.6) is 0 Å². The fourth-order valence-electron chi connectivity index (χ4n) is 3.17. The quantitative estimate of drug-likeness (QED) is 0.429. The highest BCUT2D eigenvalue weighted by Crippen LogP contribution is 2.43. The molecule has 11 heteroatoms. The van der Waals surface area contributed by atoms with Crippen molar-refractivity contribution in [3.05, 3.63) is 22.7 Å². The summed E-state index contributed by atoms with van der Waals surface area (Å²) in [5.74, 6) is -0.325. The van der Waals surface area contributed by atoms with Crippen LogP contribution in [0.1, 0.15) is 54.7 Å². The number of hydrogen-bond acceptors (Lipinski definition) is 8. The van der Waals surface area contributed by atoms with Crippen molar-refractivity contribution in [3.63, 3.8) is 0 Å². The first kappa shape index (κ1) is 28.7. The maximum absolute atomic E-state index is 12.7. The third-order valence-corrected chi connectivity index (χ3v) is 16.3. The summed E-state index contributed by atoms with van der Waals surface area (Å²) in [6, 6.07) is 1.54. The van der Waals surface area contributed by atoms with Crippen LogP contribution in [0, 0.1) is 0 Å². The molecule has 0 aromatic carbocycles. The van der Waals surface area contributed by atoms with Crippen LogP contribution >= 0.6 is 0 Å². The largest absolute Gasteiger partial charge is 0.457 e. The Kier molecular flexibility index (Phi) is 8.31. The fourth-order valence-corrected chi connectivity index (χ4v) is 5.47. The maximum atomic E-state index is 12.7. The second kappa shape index (κ2) is 9.84. The number of nitrogen functional groups attached to an aromatic ring is 1. The van der Waals surface area contributed by atoms with E-state index in [0.717, 1.165) is 0 Å². The minimum atomic E-state index is -2.35. The van der Waals surface area contributed by atoms with Gasteiger partial charge >= 0.3 is 11.7 Å². The molecule has 2 rings (SSSR count). The number of nitrogens with zero attached hydrogens (tertiary/aromatic N) is 2. The van der Waals surface area contributed by atoms with Gasteiger partial charge in [-0.3, -0.25) is 9.36 Å². The molecule has 1 aromatic heterocycles. The van der Waals surface area contributed by atoms with Crippen LogP contribution in [-0.2, 0) is 23.1 Å². The monoisotopic (exact) mass is 513 g/mol. The Morgan fingerprint density at radius 3 is 2.12 bits per heavy atom. The fraction of sp³-hybridized carbons (Fsp3) is 0.783. The molecule has 2 N–H and O–H groups in total. The number of hydrogen-bond donors (Lipinski definition) is 1. The lowest BCUT2D eigenvalue weighted by atomic mass is 10.1. The first-order chi connectivity index (χ1) is 15.3. The zero-order chi connectivity index (χ0) is 26.3. The Morgan fingerprint density at radius 2 is 1.65 bits per heavy atom. The number of nitrogens with two attached hydrogens (primary N) is 1. The van der Waals surface area contributed by atoms with Crippen LogP contribution in [0.3, 0.4) is 0 Å². The minimum absolute atomic E-state index is 0.00318. The molecule has 4 atom stereocenters. The Hall–Kier alpha value is -1.54. The van der Waals surface area contributed by atoms with E-state index in [1.165, 1.54) is 17.6 Å². The van der Waals surface area contributed by atoms with Gasteiger partial charge in [-0.25, -0.2) is 4.79 Å². The van der Waals surface area contributed by atoms with Crippen molar-refractivity contribution in [2.75, 3.05) is 12.3 Å². The molecule has 1 saturated heterocycles. The minimum Gasteiger partial charge on any atom is -0.457 e. The molecule has 1 aromatic rings. The van der Waals surface area contributed by atoms with Crippen molar-refractivity contribution < 1.29 is 23.1 Å². The molecule has 0 spiro atoms. The summed E-state index contributed by atoms with van der Waals surface area (Å²) in [6.07, 6.45) is -1.36. The molecule has 0 aliphatic carbocycles. The molecule has 1 fully saturated rings. The second-order valence-corrected chi connectivity index (χ2v) is 21.7. The van der Waals surface area contributed by atoms with Crippen LogP contribution in [0.2, 0.25) is 36.3 Å². The molecule has 0 amide bonds. The second-order valence-electron chi connectivity index (χ2n) is 12.1. The number of carbonyl (C=O) groups excluding carboxylic acids is 1. The van der Waals surface area contributed by atoms with Gasteiger partial charge in [-0.05, 0) is 42.3 Å². The third kappa shape index (κ3) is 6.36. The van der Waals surface area contributed by atoms with Crippen LogP contribution in [0.4, 0.5) is 5.82 Å². The lowest BCUT2D eigenvalue weighted by molar-refractivity contribution is -0.153. The normalized spacial score (nSPS) is 24.3. The van der Waals surface area contributed by atoms with Crippen molar-refractivity contribution in [2.45, 2.75) is 109 Å². The predicted octanol–water partition coefficient (Wildman–Crippen LogP) is 4.07. The highest BCUT2D eigenvalue weighted by molar-refractivity contribution is 6.74. The van der Waals surface area contributed by atoms with Gasteiger partial charge in [-0.2, -0.15) is 4.98 Å². The van der Waals surface area contributed by atoms with Crippen molar-refractivity contribution in [2.24, 2.45) is 0 Å². The molecule has 194 valence electrons. The van der Waals surface area contributed by atoms with Crippen molar-refractivity contribution in [1.29, 1.82) is 0 Å². The van der Waals surface area contributed by atoms with Crippen LogP contribution in [0.15, 0.2) is 17.1 Å². The van der Waals surface area contributed by atoms with Gasteiger partial charge in [0.25, 0.3) is 0 Å². The summed E-state index contributed by atoms with van der Waals surface area (Å²) in [6.45, 7) is 22.9. The van der Waals surface area contributed by atoms with Gasteiger partial charge in [-0.15, -0.1) is 0 Å². The van der Waals surface area contributed by atoms with E-state index in [4.69, 9.17) is 24.1 Å². The highest BCUT2D eigenvalue weighted by Gasteiger charge is 2.53. The maximum Gasteiger partial charge on any atom is 0.351 e. The van der Waals surface area contributed by atoms with Crippen molar-refractivity contribution in [1.82, 2.24) is 9.55 Å². The van der Waals surface area contributed by atoms with E-state index in [0.29, 0.717) is 0 Å². The molecule has 0 bridgehead atoms. The standard InChI is InChI=1S/C23H43N3O6Si2/c1-15(27)30-18-16(14-29-33(8,9)22(2,3)4)31-20(26-13-12-17(24)25-21(26)28)19(18)32-34(10,11)23(5,6)7/h12-13,16,18-20H,14H2,1-11H3,(H2,24,25,28)/t16-,18+,19-,20?/m1/s1. The van der Waals surface area contributed by atoms with Gasteiger partial charge in [0.1, 0.15) is 18.0 Å². The first-order valence-electron chi connectivity index (χ1n) is 11.8. The molecule has 1 aliphatic rings. The Bertz CT molecular complexity index is 936. The van der Waals surface area contributed by atoms with Gasteiger partial charge in [0.2, 0.25) is 0 Å². The predicted molar refractivity (Wildman–Crippen MR) is 138 cm³/mol. The van der Waals surface area contributed by atoms with Crippen LogP contribution in [0.25, 0.3) is 0 Å². The smallest absolute Gasteiger partial charge is 0.351 e. The summed E-state index contributed by atoms with van der Waals surface area (Å²) in [7, 11) is -4.46. The third-order valence-electron chi connectivity index (χ3n) is 7.36. The molecule has 0 radical (unpaired) electrons. The number of carbonyl (C=O) groups is 1. The van der Waals surface area contributed by atoms with Crippen molar-refractivity contribution in [3.8, 4) is 0 Å². The van der Waals surface area contributed by atoms with E-state index in [1.54, 1.807) is 6.20 Å².